The summed E-state index contributed by atoms with van der Waals surface area (Å²) in [4.78, 5) is 37.8. The third-order valence-electron chi connectivity index (χ3n) is 6.34. The van der Waals surface area contributed by atoms with E-state index in [-0.39, 0.29) is 43.8 Å². The Hall–Kier alpha value is -3.91. The van der Waals surface area contributed by atoms with Crippen LogP contribution in [0.3, 0.4) is 0 Å². The van der Waals surface area contributed by atoms with Gasteiger partial charge in [-0.3, -0.25) is 14.4 Å². The number of nitrogens with one attached hydrogen (secondary N) is 2. The van der Waals surface area contributed by atoms with Crippen molar-refractivity contribution in [2.75, 3.05) is 13.2 Å². The SMILES string of the molecule is C=CCCCC(=O)OCC(C)(C)NC(=O)[C@@H](CC=C)CC(=O)N[C@H](CO)Cc1ccc(OCc2ccccc2)cc1. The number of ether oxygens (including phenoxy) is 2. The molecular weight excluding hydrogens is 520 g/mol. The van der Waals surface area contributed by atoms with E-state index in [1.54, 1.807) is 26.0 Å². The van der Waals surface area contributed by atoms with E-state index in [1.807, 2.05) is 54.6 Å². The van der Waals surface area contributed by atoms with Gasteiger partial charge in [-0.2, -0.15) is 0 Å². The lowest BCUT2D eigenvalue weighted by Gasteiger charge is -2.28. The van der Waals surface area contributed by atoms with E-state index in [0.29, 0.717) is 25.9 Å². The molecule has 0 radical (unpaired) electrons. The highest BCUT2D eigenvalue weighted by Crippen LogP contribution is 2.17. The van der Waals surface area contributed by atoms with E-state index in [4.69, 9.17) is 9.47 Å². The number of hydrogen-bond acceptors (Lipinski definition) is 6. The number of allylic oxidation sites excluding steroid dienone is 2. The molecule has 41 heavy (non-hydrogen) atoms. The summed E-state index contributed by atoms with van der Waals surface area (Å²) >= 11 is 0. The van der Waals surface area contributed by atoms with Gasteiger partial charge in [0.25, 0.3) is 0 Å². The topological polar surface area (TPSA) is 114 Å². The molecule has 222 valence electrons. The van der Waals surface area contributed by atoms with Crippen LogP contribution in [-0.4, -0.2) is 47.7 Å². The minimum Gasteiger partial charge on any atom is -0.489 e. The molecule has 2 aromatic rings. The molecule has 0 aliphatic rings. The van der Waals surface area contributed by atoms with E-state index in [2.05, 4.69) is 23.8 Å². The largest absolute Gasteiger partial charge is 0.489 e. The van der Waals surface area contributed by atoms with Crippen molar-refractivity contribution < 1.29 is 29.0 Å². The first-order chi connectivity index (χ1) is 19.7. The zero-order chi connectivity index (χ0) is 30.1. The van der Waals surface area contributed by atoms with Gasteiger partial charge < -0.3 is 25.2 Å². The summed E-state index contributed by atoms with van der Waals surface area (Å²) in [6.45, 7) is 11.1. The lowest BCUT2D eigenvalue weighted by atomic mass is 9.97. The van der Waals surface area contributed by atoms with Crippen LogP contribution in [-0.2, 0) is 32.1 Å². The first-order valence-corrected chi connectivity index (χ1v) is 14.0. The second-order valence-electron chi connectivity index (χ2n) is 10.7. The van der Waals surface area contributed by atoms with Crippen molar-refractivity contribution in [3.05, 3.63) is 91.0 Å². The van der Waals surface area contributed by atoms with Gasteiger partial charge in [0.15, 0.2) is 0 Å². The molecule has 2 atom stereocenters. The van der Waals surface area contributed by atoms with Gasteiger partial charge in [0.2, 0.25) is 11.8 Å². The number of rotatable bonds is 19. The number of esters is 1. The van der Waals surface area contributed by atoms with Crippen molar-refractivity contribution in [2.45, 2.75) is 70.6 Å². The minimum absolute atomic E-state index is 0.0152. The number of carbonyl (C=O) groups excluding carboxylic acids is 3. The standard InChI is InChI=1S/C33H44N2O6/c1-5-7-9-15-31(38)41-24-33(3,4)35-32(39)27(12-6-2)21-30(37)34-28(22-36)20-25-16-18-29(19-17-25)40-23-26-13-10-8-11-14-26/h5-6,8,10-11,13-14,16-19,27-28,36H,1-2,7,9,12,15,20-24H2,3-4H3,(H,34,37)(H,35,39)/t27-,28-/m0/s1. The Morgan fingerprint density at radius 3 is 2.34 bits per heavy atom. The molecule has 0 aliphatic carbocycles. The molecule has 0 fully saturated rings. The second-order valence-corrected chi connectivity index (χ2v) is 10.7. The van der Waals surface area contributed by atoms with Gasteiger partial charge in [-0.05, 0) is 62.8 Å². The average Bonchev–Trinajstić information content (AvgIpc) is 2.95. The van der Waals surface area contributed by atoms with Crippen LogP contribution in [0.5, 0.6) is 5.75 Å². The van der Waals surface area contributed by atoms with Crippen LogP contribution in [0.15, 0.2) is 79.9 Å². The molecule has 0 aromatic heterocycles. The molecule has 3 N–H and O–H groups in total. The minimum atomic E-state index is -0.814. The summed E-state index contributed by atoms with van der Waals surface area (Å²) in [5.74, 6) is -0.943. The van der Waals surface area contributed by atoms with E-state index < -0.39 is 17.5 Å². The van der Waals surface area contributed by atoms with Gasteiger partial charge in [-0.15, -0.1) is 13.2 Å². The Bertz CT molecular complexity index is 1110. The molecular formula is C33H44N2O6. The molecule has 8 heteroatoms. The van der Waals surface area contributed by atoms with Gasteiger partial charge >= 0.3 is 5.97 Å². The fourth-order valence-electron chi connectivity index (χ4n) is 4.10. The van der Waals surface area contributed by atoms with Crippen molar-refractivity contribution in [3.8, 4) is 5.75 Å². The van der Waals surface area contributed by atoms with Gasteiger partial charge in [0.1, 0.15) is 19.0 Å². The number of unbranched alkanes of at least 4 members (excludes halogenated alkanes) is 1. The quantitative estimate of drug-likeness (QED) is 0.130. The van der Waals surface area contributed by atoms with E-state index in [0.717, 1.165) is 23.3 Å². The molecule has 2 rings (SSSR count). The Morgan fingerprint density at radius 1 is 1.00 bits per heavy atom. The summed E-state index contributed by atoms with van der Waals surface area (Å²) in [5.41, 5.74) is 1.19. The maximum absolute atomic E-state index is 13.0. The lowest BCUT2D eigenvalue weighted by molar-refractivity contribution is -0.146. The summed E-state index contributed by atoms with van der Waals surface area (Å²) < 4.78 is 11.1. The first kappa shape index (κ1) is 33.3. The number of carbonyl (C=O) groups is 3. The molecule has 0 aliphatic heterocycles. The number of hydrogen-bond donors (Lipinski definition) is 3. The zero-order valence-electron chi connectivity index (χ0n) is 24.3. The van der Waals surface area contributed by atoms with Gasteiger partial charge in [-0.25, -0.2) is 0 Å². The monoisotopic (exact) mass is 564 g/mol. The zero-order valence-corrected chi connectivity index (χ0v) is 24.3. The Kier molecular flexibility index (Phi) is 14.4. The molecule has 0 heterocycles. The summed E-state index contributed by atoms with van der Waals surface area (Å²) in [5, 5.41) is 15.6. The smallest absolute Gasteiger partial charge is 0.305 e. The number of aliphatic hydroxyl groups is 1. The fraction of sp³-hybridized carbons (Fsp3) is 0.424. The summed E-state index contributed by atoms with van der Waals surface area (Å²) in [7, 11) is 0. The van der Waals surface area contributed by atoms with Gasteiger partial charge in [-0.1, -0.05) is 54.6 Å². The van der Waals surface area contributed by atoms with E-state index in [9.17, 15) is 19.5 Å². The highest BCUT2D eigenvalue weighted by Gasteiger charge is 2.28. The van der Waals surface area contributed by atoms with Crippen LogP contribution >= 0.6 is 0 Å². The number of benzene rings is 2. The van der Waals surface area contributed by atoms with Crippen LogP contribution in [0.25, 0.3) is 0 Å². The van der Waals surface area contributed by atoms with Crippen LogP contribution in [0.2, 0.25) is 0 Å². The molecule has 0 spiro atoms. The second kappa shape index (κ2) is 17.7. The highest BCUT2D eigenvalue weighted by atomic mass is 16.5. The Balaban J connectivity index is 1.85. The number of aliphatic hydroxyl groups excluding tert-OH is 1. The summed E-state index contributed by atoms with van der Waals surface area (Å²) in [6, 6.07) is 16.9. The Morgan fingerprint density at radius 2 is 1.71 bits per heavy atom. The molecule has 2 amide bonds. The average molecular weight is 565 g/mol. The predicted molar refractivity (Wildman–Crippen MR) is 160 cm³/mol. The highest BCUT2D eigenvalue weighted by molar-refractivity contribution is 5.86. The maximum atomic E-state index is 13.0. The van der Waals surface area contributed by atoms with Crippen LogP contribution in [0, 0.1) is 5.92 Å². The summed E-state index contributed by atoms with van der Waals surface area (Å²) in [6.07, 6.45) is 5.66. The van der Waals surface area contributed by atoms with Crippen LogP contribution in [0.4, 0.5) is 0 Å². The maximum Gasteiger partial charge on any atom is 0.305 e. The van der Waals surface area contributed by atoms with Crippen molar-refractivity contribution in [3.63, 3.8) is 0 Å². The molecule has 0 bridgehead atoms. The molecule has 0 saturated heterocycles. The Labute approximate surface area is 243 Å². The lowest BCUT2D eigenvalue weighted by Crippen LogP contribution is -2.50. The molecule has 0 unspecified atom stereocenters. The van der Waals surface area contributed by atoms with Crippen molar-refractivity contribution in [2.24, 2.45) is 5.92 Å². The van der Waals surface area contributed by atoms with Crippen molar-refractivity contribution >= 4 is 17.8 Å². The first-order valence-electron chi connectivity index (χ1n) is 14.0. The van der Waals surface area contributed by atoms with Gasteiger partial charge in [0, 0.05) is 12.8 Å². The molecule has 0 saturated carbocycles. The van der Waals surface area contributed by atoms with E-state index >= 15 is 0 Å². The third-order valence-corrected chi connectivity index (χ3v) is 6.34. The van der Waals surface area contributed by atoms with Crippen molar-refractivity contribution in [1.29, 1.82) is 0 Å². The molecule has 8 nitrogen and oxygen atoms in total. The number of amides is 2. The van der Waals surface area contributed by atoms with Crippen molar-refractivity contribution in [1.82, 2.24) is 10.6 Å². The van der Waals surface area contributed by atoms with Gasteiger partial charge in [0.05, 0.1) is 24.1 Å². The third kappa shape index (κ3) is 13.3. The molecule has 2 aromatic carbocycles. The van der Waals surface area contributed by atoms with Crippen LogP contribution < -0.4 is 15.4 Å². The fourth-order valence-corrected chi connectivity index (χ4v) is 4.10. The van der Waals surface area contributed by atoms with E-state index in [1.165, 1.54) is 0 Å². The normalized spacial score (nSPS) is 12.5. The van der Waals surface area contributed by atoms with Crippen LogP contribution in [0.1, 0.15) is 57.1 Å². The predicted octanol–water partition coefficient (Wildman–Crippen LogP) is 4.66.